The number of nitrogens with one attached hydrogen (secondary N) is 1. The Morgan fingerprint density at radius 2 is 1.81 bits per heavy atom. The quantitative estimate of drug-likeness (QED) is 0.788. The summed E-state index contributed by atoms with van der Waals surface area (Å²) < 4.78 is 11.5. The zero-order chi connectivity index (χ0) is 19.2. The summed E-state index contributed by atoms with van der Waals surface area (Å²) in [4.78, 5) is 15.0. The number of rotatable bonds is 7. The third kappa shape index (κ3) is 5.36. The van der Waals surface area contributed by atoms with Gasteiger partial charge in [-0.15, -0.1) is 0 Å². The Hall–Kier alpha value is -2.27. The fraction of sp³-hybridized carbons (Fsp3) is 0.500. The number of nitrogens with zero attached hydrogens (tertiary/aromatic N) is 1. The highest BCUT2D eigenvalue weighted by Crippen LogP contribution is 2.26. The number of amides is 1. The van der Waals surface area contributed by atoms with Gasteiger partial charge in [-0.25, -0.2) is 0 Å². The Labute approximate surface area is 161 Å². The predicted octanol–water partition coefficient (Wildman–Crippen LogP) is 4.33. The Morgan fingerprint density at radius 3 is 2.41 bits per heavy atom. The van der Waals surface area contributed by atoms with E-state index < -0.39 is 0 Å². The minimum atomic E-state index is -0.0728. The average Bonchev–Trinajstić information content (AvgIpc) is 3.09. The van der Waals surface area contributed by atoms with Gasteiger partial charge in [0.2, 0.25) is 0 Å². The molecule has 0 radical (unpaired) electrons. The molecular formula is C22H30N2O3. The van der Waals surface area contributed by atoms with Crippen molar-refractivity contribution in [2.45, 2.75) is 52.2 Å². The molecule has 1 fully saturated rings. The fourth-order valence-corrected chi connectivity index (χ4v) is 3.52. The van der Waals surface area contributed by atoms with E-state index in [1.165, 1.54) is 19.3 Å². The van der Waals surface area contributed by atoms with E-state index >= 15 is 0 Å². The maximum Gasteiger partial charge on any atom is 0.251 e. The van der Waals surface area contributed by atoms with Crippen LogP contribution in [0.1, 0.15) is 61.0 Å². The van der Waals surface area contributed by atoms with Gasteiger partial charge < -0.3 is 14.5 Å². The van der Waals surface area contributed by atoms with E-state index in [1.807, 2.05) is 45.0 Å². The highest BCUT2D eigenvalue weighted by Gasteiger charge is 2.25. The fourth-order valence-electron chi connectivity index (χ4n) is 3.52. The maximum absolute atomic E-state index is 12.6. The van der Waals surface area contributed by atoms with Gasteiger partial charge in [-0.2, -0.15) is 0 Å². The van der Waals surface area contributed by atoms with Crippen molar-refractivity contribution in [2.75, 3.05) is 19.6 Å². The first-order chi connectivity index (χ1) is 13.0. The summed E-state index contributed by atoms with van der Waals surface area (Å²) in [6, 6.07) is 11.4. The number of carbonyl (C=O) groups excluding carboxylic acids is 1. The predicted molar refractivity (Wildman–Crippen MR) is 106 cm³/mol. The lowest BCUT2D eigenvalue weighted by Gasteiger charge is -2.33. The third-order valence-electron chi connectivity index (χ3n) is 4.87. The van der Waals surface area contributed by atoms with Gasteiger partial charge in [-0.1, -0.05) is 6.42 Å². The summed E-state index contributed by atoms with van der Waals surface area (Å²) in [7, 11) is 0. The number of hydrogen-bond donors (Lipinski definition) is 1. The SMILES string of the molecule is Cc1ccc(C(CNC(=O)c2ccc(OC(C)C)cc2)N2CCCCC2)o1. The molecule has 0 bridgehead atoms. The number of furan rings is 1. The van der Waals surface area contributed by atoms with Crippen molar-refractivity contribution in [3.63, 3.8) is 0 Å². The Kier molecular flexibility index (Phi) is 6.56. The lowest BCUT2D eigenvalue weighted by atomic mass is 10.1. The number of ether oxygens (including phenoxy) is 1. The maximum atomic E-state index is 12.6. The number of likely N-dealkylation sites (tertiary alicyclic amines) is 1. The number of piperidine rings is 1. The van der Waals surface area contributed by atoms with Gasteiger partial charge in [0.25, 0.3) is 5.91 Å². The van der Waals surface area contributed by atoms with Gasteiger partial charge in [0.05, 0.1) is 12.1 Å². The second kappa shape index (κ2) is 9.09. The first-order valence-corrected chi connectivity index (χ1v) is 9.88. The normalized spacial score (nSPS) is 16.3. The van der Waals surface area contributed by atoms with Crippen LogP contribution in [0.2, 0.25) is 0 Å². The molecule has 0 aliphatic carbocycles. The van der Waals surface area contributed by atoms with Crippen molar-refractivity contribution >= 4 is 5.91 Å². The summed E-state index contributed by atoms with van der Waals surface area (Å²) in [5, 5.41) is 3.08. The summed E-state index contributed by atoms with van der Waals surface area (Å²) in [5.74, 6) is 2.53. The number of hydrogen-bond acceptors (Lipinski definition) is 4. The van der Waals surface area contributed by atoms with Crippen molar-refractivity contribution < 1.29 is 13.9 Å². The second-order valence-electron chi connectivity index (χ2n) is 7.46. The molecule has 0 spiro atoms. The van der Waals surface area contributed by atoms with Gasteiger partial charge in [-0.05, 0) is 83.1 Å². The molecule has 1 aliphatic rings. The van der Waals surface area contributed by atoms with Crippen molar-refractivity contribution in [1.29, 1.82) is 0 Å². The average molecular weight is 370 g/mol. The van der Waals surface area contributed by atoms with Gasteiger partial charge >= 0.3 is 0 Å². The largest absolute Gasteiger partial charge is 0.491 e. The lowest BCUT2D eigenvalue weighted by molar-refractivity contribution is 0.0913. The van der Waals surface area contributed by atoms with E-state index in [1.54, 1.807) is 12.1 Å². The molecule has 2 aromatic rings. The van der Waals surface area contributed by atoms with Crippen LogP contribution in [-0.2, 0) is 0 Å². The molecule has 0 saturated carbocycles. The van der Waals surface area contributed by atoms with E-state index in [-0.39, 0.29) is 18.1 Å². The molecule has 2 heterocycles. The van der Waals surface area contributed by atoms with Crippen molar-refractivity contribution in [3.05, 3.63) is 53.5 Å². The Bertz CT molecular complexity index is 730. The van der Waals surface area contributed by atoms with Crippen LogP contribution in [0.4, 0.5) is 0 Å². The summed E-state index contributed by atoms with van der Waals surface area (Å²) in [5.41, 5.74) is 0.638. The van der Waals surface area contributed by atoms with Crippen molar-refractivity contribution in [1.82, 2.24) is 10.2 Å². The lowest BCUT2D eigenvalue weighted by Crippen LogP contribution is -2.40. The minimum absolute atomic E-state index is 0.0728. The molecular weight excluding hydrogens is 340 g/mol. The van der Waals surface area contributed by atoms with Crippen molar-refractivity contribution in [3.8, 4) is 5.75 Å². The van der Waals surface area contributed by atoms with Crippen LogP contribution in [0, 0.1) is 6.92 Å². The van der Waals surface area contributed by atoms with Crippen LogP contribution in [-0.4, -0.2) is 36.5 Å². The van der Waals surface area contributed by atoms with Crippen LogP contribution in [0.3, 0.4) is 0 Å². The Morgan fingerprint density at radius 1 is 1.11 bits per heavy atom. The number of benzene rings is 1. The summed E-state index contributed by atoms with van der Waals surface area (Å²) >= 11 is 0. The molecule has 3 rings (SSSR count). The molecule has 1 aromatic heterocycles. The van der Waals surface area contributed by atoms with E-state index in [2.05, 4.69) is 10.2 Å². The van der Waals surface area contributed by atoms with Gasteiger partial charge in [-0.3, -0.25) is 9.69 Å². The molecule has 5 heteroatoms. The smallest absolute Gasteiger partial charge is 0.251 e. The second-order valence-corrected chi connectivity index (χ2v) is 7.46. The standard InChI is InChI=1S/C22H30N2O3/c1-16(2)26-19-10-8-18(9-11-19)22(25)23-15-20(21-12-7-17(3)27-21)24-13-5-4-6-14-24/h7-12,16,20H,4-6,13-15H2,1-3H3,(H,23,25). The van der Waals surface area contributed by atoms with Crippen LogP contribution < -0.4 is 10.1 Å². The summed E-state index contributed by atoms with van der Waals surface area (Å²) in [6.07, 6.45) is 3.78. The van der Waals surface area contributed by atoms with Crippen LogP contribution in [0.25, 0.3) is 0 Å². The minimum Gasteiger partial charge on any atom is -0.491 e. The molecule has 1 atom stereocenters. The zero-order valence-corrected chi connectivity index (χ0v) is 16.5. The molecule has 1 aromatic carbocycles. The first-order valence-electron chi connectivity index (χ1n) is 9.88. The molecule has 1 unspecified atom stereocenters. The molecule has 5 nitrogen and oxygen atoms in total. The first kappa shape index (κ1) is 19.5. The third-order valence-corrected chi connectivity index (χ3v) is 4.87. The Balaban J connectivity index is 1.64. The number of aryl methyl sites for hydroxylation is 1. The molecule has 1 aliphatic heterocycles. The number of carbonyl (C=O) groups is 1. The van der Waals surface area contributed by atoms with Crippen LogP contribution in [0.15, 0.2) is 40.8 Å². The van der Waals surface area contributed by atoms with E-state index in [0.29, 0.717) is 12.1 Å². The van der Waals surface area contributed by atoms with Crippen LogP contribution >= 0.6 is 0 Å². The molecule has 146 valence electrons. The molecule has 1 N–H and O–H groups in total. The molecule has 27 heavy (non-hydrogen) atoms. The van der Waals surface area contributed by atoms with E-state index in [0.717, 1.165) is 30.4 Å². The summed E-state index contributed by atoms with van der Waals surface area (Å²) in [6.45, 7) is 8.55. The monoisotopic (exact) mass is 370 g/mol. The highest BCUT2D eigenvalue weighted by molar-refractivity contribution is 5.94. The molecule has 1 saturated heterocycles. The topological polar surface area (TPSA) is 54.7 Å². The molecule has 1 amide bonds. The van der Waals surface area contributed by atoms with Gasteiger partial charge in [0.1, 0.15) is 17.3 Å². The zero-order valence-electron chi connectivity index (χ0n) is 16.5. The van der Waals surface area contributed by atoms with Crippen LogP contribution in [0.5, 0.6) is 5.75 Å². The van der Waals surface area contributed by atoms with Gasteiger partial charge in [0, 0.05) is 12.1 Å². The van der Waals surface area contributed by atoms with E-state index in [9.17, 15) is 4.79 Å². The highest BCUT2D eigenvalue weighted by atomic mass is 16.5. The van der Waals surface area contributed by atoms with E-state index in [4.69, 9.17) is 9.15 Å². The van der Waals surface area contributed by atoms with Gasteiger partial charge in [0.15, 0.2) is 0 Å². The van der Waals surface area contributed by atoms with Crippen molar-refractivity contribution in [2.24, 2.45) is 0 Å².